The van der Waals surface area contributed by atoms with E-state index in [9.17, 15) is 9.50 Å². The van der Waals surface area contributed by atoms with Crippen LogP contribution in [0.25, 0.3) is 37.8 Å². The first-order valence-electron chi connectivity index (χ1n) is 19.8. The Morgan fingerprint density at radius 1 is 1.09 bits per heavy atom. The van der Waals surface area contributed by atoms with Crippen molar-refractivity contribution >= 4 is 35.6 Å². The third kappa shape index (κ3) is 7.18. The van der Waals surface area contributed by atoms with E-state index < -0.39 is 31.4 Å². The number of aromatic hydroxyl groups is 1. The zero-order valence-corrected chi connectivity index (χ0v) is 34.1. The van der Waals surface area contributed by atoms with Crippen LogP contribution < -0.4 is 9.64 Å². The van der Waals surface area contributed by atoms with E-state index in [1.807, 2.05) is 4.90 Å². The van der Waals surface area contributed by atoms with Crippen LogP contribution in [0.4, 0.5) is 19.0 Å². The number of nitrogens with zero attached hydrogens (tertiary/aromatic N) is 6. The van der Waals surface area contributed by atoms with Gasteiger partial charge in [-0.3, -0.25) is 9.88 Å². The summed E-state index contributed by atoms with van der Waals surface area (Å²) in [6.07, 6.45) is 2.60. The second-order valence-electron chi connectivity index (χ2n) is 16.8. The second kappa shape index (κ2) is 15.8. The average molecular weight is 785 g/mol. The molecule has 1 N–H and O–H groups in total. The Bertz CT molecular complexity index is 2210. The summed E-state index contributed by atoms with van der Waals surface area (Å²) in [5.74, 6) is 2.06. The van der Waals surface area contributed by atoms with Crippen LogP contribution in [0.15, 0.2) is 30.5 Å². The summed E-state index contributed by atoms with van der Waals surface area (Å²) in [5, 5.41) is 12.1. The molecule has 0 radical (unpaired) electrons. The smallest absolute Gasteiger partial charge is 0.319 e. The molecule has 9 nitrogen and oxygen atoms in total. The van der Waals surface area contributed by atoms with E-state index in [2.05, 4.69) is 72.7 Å². The molecule has 3 fully saturated rings. The standard InChI is InChI=1S/C43H51F3N6O3Si/c1-26(2)56(27(3)4,28(5)6)16-11-33-36(45)10-9-30-17-32(53)18-34(37(30)33)39-38(46)40-35(21-48-39)41(51-14-15-54-24-29(22-51)20-47-7)50-42(49-40)55-25-43-12-8-13-52(43)23-31(44)19-43/h9-10,17-18,21,26-29,31,53H,8,12-15,19-20,22-25H2,1-6H3/t29?,31-,43?/m1/s1. The Kier molecular flexibility index (Phi) is 11.3. The van der Waals surface area contributed by atoms with Gasteiger partial charge in [-0.25, -0.2) is 19.7 Å². The molecule has 0 aliphatic carbocycles. The van der Waals surface area contributed by atoms with Crippen molar-refractivity contribution in [3.8, 4) is 34.5 Å². The van der Waals surface area contributed by atoms with Gasteiger partial charge in [0.1, 0.15) is 49.4 Å². The van der Waals surface area contributed by atoms with Gasteiger partial charge in [0.15, 0.2) is 5.82 Å². The van der Waals surface area contributed by atoms with Crippen LogP contribution in [-0.2, 0) is 4.74 Å². The molecule has 7 rings (SSSR count). The van der Waals surface area contributed by atoms with Crippen LogP contribution in [0.2, 0.25) is 16.6 Å². The molecule has 0 bridgehead atoms. The minimum atomic E-state index is -2.30. The molecule has 0 saturated carbocycles. The van der Waals surface area contributed by atoms with Gasteiger partial charge in [-0.2, -0.15) is 9.97 Å². The highest BCUT2D eigenvalue weighted by Crippen LogP contribution is 2.43. The predicted octanol–water partition coefficient (Wildman–Crippen LogP) is 8.73. The van der Waals surface area contributed by atoms with Crippen molar-refractivity contribution in [3.63, 3.8) is 0 Å². The van der Waals surface area contributed by atoms with E-state index in [4.69, 9.17) is 21.0 Å². The van der Waals surface area contributed by atoms with Gasteiger partial charge < -0.3 is 24.3 Å². The summed E-state index contributed by atoms with van der Waals surface area (Å²) in [7, 11) is -2.30. The summed E-state index contributed by atoms with van der Waals surface area (Å²) in [6.45, 7) is 23.8. The first-order valence-corrected chi connectivity index (χ1v) is 22.0. The van der Waals surface area contributed by atoms with Gasteiger partial charge in [0.2, 0.25) is 6.54 Å². The number of hydrogen-bond donors (Lipinski definition) is 1. The third-order valence-corrected chi connectivity index (χ3v) is 18.7. The van der Waals surface area contributed by atoms with E-state index in [0.717, 1.165) is 19.4 Å². The largest absolute Gasteiger partial charge is 0.508 e. The lowest BCUT2D eigenvalue weighted by Gasteiger charge is -2.38. The summed E-state index contributed by atoms with van der Waals surface area (Å²) in [6, 6.07) is 5.74. The number of pyridine rings is 1. The highest BCUT2D eigenvalue weighted by Gasteiger charge is 2.49. The average Bonchev–Trinajstić information content (AvgIpc) is 3.57. The summed E-state index contributed by atoms with van der Waals surface area (Å²) in [5.41, 5.74) is 4.15. The molecule has 2 unspecified atom stereocenters. The lowest BCUT2D eigenvalue weighted by atomic mass is 9.95. The van der Waals surface area contributed by atoms with Crippen LogP contribution in [0.1, 0.15) is 66.4 Å². The molecular formula is C43H51F3N6O3Si. The molecule has 296 valence electrons. The van der Waals surface area contributed by atoms with Crippen LogP contribution in [-0.4, -0.2) is 97.3 Å². The van der Waals surface area contributed by atoms with E-state index >= 15 is 8.78 Å². The summed E-state index contributed by atoms with van der Waals surface area (Å²) in [4.78, 5) is 21.8. The monoisotopic (exact) mass is 784 g/mol. The van der Waals surface area contributed by atoms with E-state index in [0.29, 0.717) is 77.9 Å². The normalized spacial score (nSPS) is 21.8. The molecule has 3 aliphatic rings. The molecule has 5 heterocycles. The van der Waals surface area contributed by atoms with Crippen molar-refractivity contribution in [2.24, 2.45) is 5.92 Å². The fourth-order valence-electron chi connectivity index (χ4n) is 9.81. The third-order valence-electron chi connectivity index (χ3n) is 12.4. The first kappa shape index (κ1) is 39.8. The minimum Gasteiger partial charge on any atom is -0.508 e. The number of anilines is 1. The maximum absolute atomic E-state index is 17.4. The summed E-state index contributed by atoms with van der Waals surface area (Å²) < 4.78 is 60.2. The lowest BCUT2D eigenvalue weighted by molar-refractivity contribution is 0.107. The number of phenols is 1. The van der Waals surface area contributed by atoms with Crippen molar-refractivity contribution in [1.29, 1.82) is 0 Å². The number of aromatic nitrogens is 3. The van der Waals surface area contributed by atoms with E-state index in [-0.39, 0.29) is 53.2 Å². The number of fused-ring (bicyclic) bond motifs is 3. The number of rotatable bonds is 9. The molecule has 56 heavy (non-hydrogen) atoms. The molecule has 13 heteroatoms. The number of phenolic OH excluding ortho intramolecular Hbond substituents is 1. The number of ether oxygens (including phenoxy) is 2. The maximum atomic E-state index is 17.4. The Labute approximate surface area is 328 Å². The van der Waals surface area contributed by atoms with E-state index in [1.54, 1.807) is 6.07 Å². The molecule has 0 spiro atoms. The molecule has 4 aromatic rings. The molecule has 3 saturated heterocycles. The molecule has 2 aromatic carbocycles. The van der Waals surface area contributed by atoms with Crippen molar-refractivity contribution in [1.82, 2.24) is 19.9 Å². The highest BCUT2D eigenvalue weighted by atomic mass is 28.3. The Morgan fingerprint density at radius 3 is 2.59 bits per heavy atom. The number of benzene rings is 2. The quantitative estimate of drug-likeness (QED) is 0.103. The highest BCUT2D eigenvalue weighted by molar-refractivity contribution is 6.90. The zero-order valence-electron chi connectivity index (χ0n) is 33.1. The Hall–Kier alpha value is -4.43. The Balaban J connectivity index is 1.41. The lowest BCUT2D eigenvalue weighted by Crippen LogP contribution is -2.43. The second-order valence-corrected chi connectivity index (χ2v) is 22.3. The van der Waals surface area contributed by atoms with Crippen molar-refractivity contribution in [2.45, 2.75) is 89.1 Å². The van der Waals surface area contributed by atoms with Gasteiger partial charge in [0.05, 0.1) is 35.6 Å². The fraction of sp³-hybridized carbons (Fsp3) is 0.535. The molecule has 0 amide bonds. The first-order chi connectivity index (χ1) is 26.8. The summed E-state index contributed by atoms with van der Waals surface area (Å²) >= 11 is 0. The fourth-order valence-corrected chi connectivity index (χ4v) is 15.0. The zero-order chi connectivity index (χ0) is 39.9. The van der Waals surface area contributed by atoms with Gasteiger partial charge in [0.25, 0.3) is 0 Å². The van der Waals surface area contributed by atoms with Gasteiger partial charge in [-0.05, 0) is 59.6 Å². The van der Waals surface area contributed by atoms with E-state index in [1.165, 1.54) is 24.4 Å². The maximum Gasteiger partial charge on any atom is 0.319 e. The Morgan fingerprint density at radius 2 is 1.86 bits per heavy atom. The van der Waals surface area contributed by atoms with Crippen molar-refractivity contribution in [2.75, 3.05) is 57.4 Å². The van der Waals surface area contributed by atoms with Crippen molar-refractivity contribution in [3.05, 3.63) is 59.1 Å². The van der Waals surface area contributed by atoms with Crippen LogP contribution in [0.5, 0.6) is 11.8 Å². The molecule has 3 aliphatic heterocycles. The van der Waals surface area contributed by atoms with Gasteiger partial charge >= 0.3 is 6.01 Å². The number of hydrogen-bond acceptors (Lipinski definition) is 8. The van der Waals surface area contributed by atoms with Crippen molar-refractivity contribution < 1.29 is 27.8 Å². The molecule has 3 atom stereocenters. The van der Waals surface area contributed by atoms with Gasteiger partial charge in [-0.1, -0.05) is 53.5 Å². The number of alkyl halides is 1. The van der Waals surface area contributed by atoms with Crippen LogP contribution in [0.3, 0.4) is 0 Å². The van der Waals surface area contributed by atoms with Gasteiger partial charge in [0, 0.05) is 43.2 Å². The van der Waals surface area contributed by atoms with Crippen LogP contribution >= 0.6 is 0 Å². The minimum absolute atomic E-state index is 0.0605. The number of halogens is 3. The topological polar surface area (TPSA) is 88.2 Å². The SMILES string of the molecule is [C-]#[N+]CC1COCCN(c2nc(OCC34CCCN3C[C@H](F)C4)nc3c(F)c(-c4cc(O)cc5ccc(F)c(C#C[Si](C(C)C)(C(C)C)C(C)C)c45)ncc23)C1. The van der Waals surface area contributed by atoms with Gasteiger partial charge in [-0.15, -0.1) is 5.54 Å². The molecule has 2 aromatic heterocycles. The molecular weight excluding hydrogens is 734 g/mol. The predicted molar refractivity (Wildman–Crippen MR) is 216 cm³/mol. The van der Waals surface area contributed by atoms with Crippen LogP contribution in [0, 0.1) is 35.6 Å².